The summed E-state index contributed by atoms with van der Waals surface area (Å²) in [6, 6.07) is 9.59. The summed E-state index contributed by atoms with van der Waals surface area (Å²) >= 11 is 0. The number of amides is 1. The van der Waals surface area contributed by atoms with E-state index >= 15 is 0 Å². The Hall–Kier alpha value is -3.42. The molecule has 1 N–H and O–H groups in total. The minimum Gasteiger partial charge on any atom is -0.423 e. The number of anilines is 2. The number of esters is 1. The van der Waals surface area contributed by atoms with Crippen molar-refractivity contribution in [3.05, 3.63) is 57.6 Å². The summed E-state index contributed by atoms with van der Waals surface area (Å²) in [4.78, 5) is 36.1. The molecule has 0 radical (unpaired) electrons. The van der Waals surface area contributed by atoms with Crippen LogP contribution in [0.25, 0.3) is 0 Å². The highest BCUT2D eigenvalue weighted by Crippen LogP contribution is 2.35. The quantitative estimate of drug-likeness (QED) is 0.391. The summed E-state index contributed by atoms with van der Waals surface area (Å²) in [5, 5.41) is 13.7. The van der Waals surface area contributed by atoms with Gasteiger partial charge in [-0.2, -0.15) is 0 Å². The molecular formula is C18H17N3O5. The van der Waals surface area contributed by atoms with Gasteiger partial charge in [0.1, 0.15) is 6.54 Å². The van der Waals surface area contributed by atoms with Gasteiger partial charge in [-0.25, -0.2) is 4.79 Å². The Kier molecular flexibility index (Phi) is 4.57. The largest absolute Gasteiger partial charge is 0.423 e. The molecule has 0 saturated carbocycles. The third kappa shape index (κ3) is 3.49. The van der Waals surface area contributed by atoms with Crippen LogP contribution in [0.4, 0.5) is 17.1 Å². The second-order valence-corrected chi connectivity index (χ2v) is 6.03. The first kappa shape index (κ1) is 17.4. The maximum absolute atomic E-state index is 12.4. The molecular weight excluding hydrogens is 338 g/mol. The van der Waals surface area contributed by atoms with Crippen molar-refractivity contribution in [1.29, 1.82) is 0 Å². The summed E-state index contributed by atoms with van der Waals surface area (Å²) in [5.74, 6) is -0.787. The summed E-state index contributed by atoms with van der Waals surface area (Å²) in [6.07, 6.45) is 0. The Bertz CT molecular complexity index is 910. The number of nitrogens with zero attached hydrogens (tertiary/aromatic N) is 2. The number of nitrogens with one attached hydrogen (secondary N) is 1. The minimum absolute atomic E-state index is 0.0761. The molecule has 0 aromatic heterocycles. The zero-order valence-electron chi connectivity index (χ0n) is 14.3. The van der Waals surface area contributed by atoms with Crippen molar-refractivity contribution < 1.29 is 19.2 Å². The van der Waals surface area contributed by atoms with Crippen LogP contribution < -0.4 is 15.0 Å². The van der Waals surface area contributed by atoms with Crippen molar-refractivity contribution in [3.63, 3.8) is 0 Å². The Morgan fingerprint density at radius 3 is 2.81 bits per heavy atom. The molecule has 8 heteroatoms. The second kappa shape index (κ2) is 6.83. The van der Waals surface area contributed by atoms with E-state index in [1.54, 1.807) is 0 Å². The number of ether oxygens (including phenoxy) is 1. The van der Waals surface area contributed by atoms with E-state index in [2.05, 4.69) is 5.32 Å². The molecule has 1 amide bonds. The van der Waals surface area contributed by atoms with Crippen molar-refractivity contribution in [1.82, 2.24) is 0 Å². The fraction of sp³-hybridized carbons (Fsp3) is 0.222. The summed E-state index contributed by atoms with van der Waals surface area (Å²) in [5.41, 5.74) is 3.01. The zero-order valence-corrected chi connectivity index (χ0v) is 14.3. The number of non-ortho nitro benzene ring substituents is 1. The van der Waals surface area contributed by atoms with Gasteiger partial charge in [-0.1, -0.05) is 12.1 Å². The van der Waals surface area contributed by atoms with Gasteiger partial charge >= 0.3 is 5.97 Å². The molecule has 2 aromatic rings. The van der Waals surface area contributed by atoms with E-state index in [4.69, 9.17) is 4.74 Å². The third-order valence-corrected chi connectivity index (χ3v) is 4.25. The van der Waals surface area contributed by atoms with Crippen LogP contribution in [0.5, 0.6) is 5.75 Å². The Labute approximate surface area is 149 Å². The molecule has 1 aliphatic rings. The number of hydrogen-bond acceptors (Lipinski definition) is 6. The maximum Gasteiger partial charge on any atom is 0.331 e. The van der Waals surface area contributed by atoms with Crippen molar-refractivity contribution in [2.45, 2.75) is 13.8 Å². The van der Waals surface area contributed by atoms with E-state index in [0.717, 1.165) is 11.1 Å². The summed E-state index contributed by atoms with van der Waals surface area (Å²) < 4.78 is 5.07. The van der Waals surface area contributed by atoms with Gasteiger partial charge in [0.15, 0.2) is 5.75 Å². The number of aryl methyl sites for hydroxylation is 1. The van der Waals surface area contributed by atoms with E-state index in [1.165, 1.54) is 23.1 Å². The monoisotopic (exact) mass is 355 g/mol. The number of fused-ring (bicyclic) bond motifs is 1. The average molecular weight is 355 g/mol. The fourth-order valence-corrected chi connectivity index (χ4v) is 2.75. The van der Waals surface area contributed by atoms with Gasteiger partial charge in [-0.3, -0.25) is 14.9 Å². The number of hydrogen-bond donors (Lipinski definition) is 1. The van der Waals surface area contributed by atoms with Crippen LogP contribution in [0, 0.1) is 24.0 Å². The number of benzene rings is 2. The molecule has 1 aliphatic heterocycles. The number of nitro groups is 1. The summed E-state index contributed by atoms with van der Waals surface area (Å²) in [6.45, 7) is 3.69. The van der Waals surface area contributed by atoms with Crippen molar-refractivity contribution in [2.24, 2.45) is 0 Å². The summed E-state index contributed by atoms with van der Waals surface area (Å²) in [7, 11) is 0. The van der Waals surface area contributed by atoms with Crippen molar-refractivity contribution in [2.75, 3.05) is 23.3 Å². The lowest BCUT2D eigenvalue weighted by molar-refractivity contribution is -0.384. The highest BCUT2D eigenvalue weighted by atomic mass is 16.6. The topological polar surface area (TPSA) is 102 Å². The molecule has 26 heavy (non-hydrogen) atoms. The number of nitro benzene ring substituents is 1. The van der Waals surface area contributed by atoms with E-state index in [9.17, 15) is 19.7 Å². The number of rotatable bonds is 4. The van der Waals surface area contributed by atoms with Crippen LogP contribution >= 0.6 is 0 Å². The molecule has 0 fully saturated rings. The zero-order chi connectivity index (χ0) is 18.8. The first-order valence-corrected chi connectivity index (χ1v) is 7.95. The lowest BCUT2D eigenvalue weighted by Gasteiger charge is -2.29. The molecule has 0 saturated heterocycles. The predicted octanol–water partition coefficient (Wildman–Crippen LogP) is 2.58. The van der Waals surface area contributed by atoms with E-state index in [1.807, 2.05) is 32.0 Å². The average Bonchev–Trinajstić information content (AvgIpc) is 2.58. The maximum atomic E-state index is 12.4. The van der Waals surface area contributed by atoms with Gasteiger partial charge in [0.25, 0.3) is 5.69 Å². The lowest BCUT2D eigenvalue weighted by atomic mass is 10.1. The molecule has 0 aliphatic carbocycles. The predicted molar refractivity (Wildman–Crippen MR) is 95.5 cm³/mol. The van der Waals surface area contributed by atoms with Crippen LogP contribution in [-0.2, 0) is 9.59 Å². The van der Waals surface area contributed by atoms with Crippen LogP contribution in [0.1, 0.15) is 11.1 Å². The first-order valence-electron chi connectivity index (χ1n) is 7.95. The fourth-order valence-electron chi connectivity index (χ4n) is 2.75. The molecule has 2 aromatic carbocycles. The third-order valence-electron chi connectivity index (χ3n) is 4.25. The van der Waals surface area contributed by atoms with Gasteiger partial charge in [-0.05, 0) is 37.1 Å². The van der Waals surface area contributed by atoms with Gasteiger partial charge in [0.05, 0.1) is 23.2 Å². The minimum atomic E-state index is -0.572. The van der Waals surface area contributed by atoms with Gasteiger partial charge in [0, 0.05) is 11.8 Å². The molecule has 1 heterocycles. The molecule has 0 bridgehead atoms. The van der Waals surface area contributed by atoms with Crippen molar-refractivity contribution in [3.8, 4) is 5.75 Å². The second-order valence-electron chi connectivity index (χ2n) is 6.03. The van der Waals surface area contributed by atoms with Gasteiger partial charge in [0.2, 0.25) is 5.91 Å². The highest BCUT2D eigenvalue weighted by Gasteiger charge is 2.27. The first-order chi connectivity index (χ1) is 12.3. The lowest BCUT2D eigenvalue weighted by Crippen LogP contribution is -2.41. The highest BCUT2D eigenvalue weighted by molar-refractivity contribution is 5.97. The van der Waals surface area contributed by atoms with Gasteiger partial charge < -0.3 is 15.0 Å². The van der Waals surface area contributed by atoms with E-state index in [0.29, 0.717) is 11.4 Å². The van der Waals surface area contributed by atoms with E-state index in [-0.39, 0.29) is 30.4 Å². The van der Waals surface area contributed by atoms with Crippen LogP contribution in [0.2, 0.25) is 0 Å². The molecule has 3 rings (SSSR count). The van der Waals surface area contributed by atoms with Crippen LogP contribution in [0.3, 0.4) is 0 Å². The van der Waals surface area contributed by atoms with Crippen LogP contribution in [-0.4, -0.2) is 29.9 Å². The van der Waals surface area contributed by atoms with E-state index < -0.39 is 10.9 Å². The molecule has 0 unspecified atom stereocenters. The standard InChI is InChI=1S/C18H17N3O5/c1-11-4-3-5-14(12(11)2)19-17(22)9-20-10-18(23)26-16-8-13(21(24)25)6-7-15(16)20/h3-8H,9-10H2,1-2H3,(H,19,22). The normalized spacial score (nSPS) is 13.0. The smallest absolute Gasteiger partial charge is 0.331 e. The number of carbonyl (C=O) groups is 2. The molecule has 0 spiro atoms. The van der Waals surface area contributed by atoms with Crippen molar-refractivity contribution >= 4 is 28.9 Å². The Morgan fingerprint density at radius 2 is 2.08 bits per heavy atom. The molecule has 134 valence electrons. The molecule has 0 atom stereocenters. The van der Waals surface area contributed by atoms with Crippen LogP contribution in [0.15, 0.2) is 36.4 Å². The SMILES string of the molecule is Cc1cccc(NC(=O)CN2CC(=O)Oc3cc([N+](=O)[O-])ccc32)c1C. The Morgan fingerprint density at radius 1 is 1.31 bits per heavy atom. The van der Waals surface area contributed by atoms with Gasteiger partial charge in [-0.15, -0.1) is 0 Å². The molecule has 8 nitrogen and oxygen atoms in total. The Balaban J connectivity index is 1.80. The number of carbonyl (C=O) groups excluding carboxylic acids is 2.